The van der Waals surface area contributed by atoms with E-state index in [1.807, 2.05) is 18.2 Å². The molecule has 3 aliphatic carbocycles. The summed E-state index contributed by atoms with van der Waals surface area (Å²) in [4.78, 5) is 0. The van der Waals surface area contributed by atoms with Crippen LogP contribution in [0.5, 0.6) is 5.75 Å². The lowest BCUT2D eigenvalue weighted by Crippen LogP contribution is -2.34. The van der Waals surface area contributed by atoms with E-state index >= 15 is 0 Å². The first kappa shape index (κ1) is 13.9. The normalized spacial score (nSPS) is 37.3. The van der Waals surface area contributed by atoms with Gasteiger partial charge >= 0.3 is 0 Å². The van der Waals surface area contributed by atoms with Crippen molar-refractivity contribution in [3.8, 4) is 5.75 Å². The van der Waals surface area contributed by atoms with Crippen LogP contribution in [0.4, 0.5) is 0 Å². The molecule has 0 saturated heterocycles. The van der Waals surface area contributed by atoms with E-state index < -0.39 is 6.10 Å². The van der Waals surface area contributed by atoms with Gasteiger partial charge in [-0.2, -0.15) is 0 Å². The molecule has 3 aliphatic rings. The van der Waals surface area contributed by atoms with Gasteiger partial charge < -0.3 is 15.2 Å². The standard InChI is InChI=1S/C17H22ClNO2/c18-12-2-1-3-14(7-12)21-9-13(20)8-19-17-15-10-4-5-11(6-10)16(15)17/h1-3,7,10-11,13,15-17,19-20H,4-6,8-9H2. The van der Waals surface area contributed by atoms with Crippen molar-refractivity contribution in [2.24, 2.45) is 23.7 Å². The second-order valence-electron chi connectivity index (χ2n) is 6.84. The number of hydrogen-bond donors (Lipinski definition) is 2. The minimum atomic E-state index is -0.469. The van der Waals surface area contributed by atoms with Gasteiger partial charge in [0, 0.05) is 17.6 Å². The van der Waals surface area contributed by atoms with Gasteiger partial charge in [0.1, 0.15) is 18.5 Å². The van der Waals surface area contributed by atoms with Crippen LogP contribution in [0.1, 0.15) is 19.3 Å². The van der Waals surface area contributed by atoms with Gasteiger partial charge in [0.15, 0.2) is 0 Å². The molecule has 0 spiro atoms. The molecule has 0 radical (unpaired) electrons. The number of fused-ring (bicyclic) bond motifs is 5. The van der Waals surface area contributed by atoms with Gasteiger partial charge in [0.25, 0.3) is 0 Å². The first-order valence-electron chi connectivity index (χ1n) is 8.02. The molecule has 1 aromatic rings. The Morgan fingerprint density at radius 1 is 1.29 bits per heavy atom. The molecule has 114 valence electrons. The van der Waals surface area contributed by atoms with Crippen molar-refractivity contribution in [1.82, 2.24) is 5.32 Å². The van der Waals surface area contributed by atoms with Gasteiger partial charge in [-0.25, -0.2) is 0 Å². The highest BCUT2D eigenvalue weighted by Gasteiger charge is 2.64. The third-order valence-corrected chi connectivity index (χ3v) is 5.80. The van der Waals surface area contributed by atoms with Gasteiger partial charge in [-0.15, -0.1) is 0 Å². The first-order valence-corrected chi connectivity index (χ1v) is 8.40. The van der Waals surface area contributed by atoms with E-state index in [-0.39, 0.29) is 0 Å². The summed E-state index contributed by atoms with van der Waals surface area (Å²) in [5.74, 6) is 4.46. The smallest absolute Gasteiger partial charge is 0.120 e. The molecule has 2 N–H and O–H groups in total. The summed E-state index contributed by atoms with van der Waals surface area (Å²) >= 11 is 5.90. The lowest BCUT2D eigenvalue weighted by Gasteiger charge is -2.15. The van der Waals surface area contributed by atoms with Crippen LogP contribution >= 0.6 is 11.6 Å². The zero-order valence-corrected chi connectivity index (χ0v) is 12.8. The van der Waals surface area contributed by atoms with Crippen LogP contribution in [0.3, 0.4) is 0 Å². The van der Waals surface area contributed by atoms with Crippen molar-refractivity contribution in [3.63, 3.8) is 0 Å². The van der Waals surface area contributed by atoms with Crippen LogP contribution in [0, 0.1) is 23.7 Å². The van der Waals surface area contributed by atoms with Crippen LogP contribution in [0.25, 0.3) is 0 Å². The fraction of sp³-hybridized carbons (Fsp3) is 0.647. The fourth-order valence-corrected chi connectivity index (χ4v) is 4.86. The summed E-state index contributed by atoms with van der Waals surface area (Å²) in [7, 11) is 0. The lowest BCUT2D eigenvalue weighted by atomic mass is 10.0. The largest absolute Gasteiger partial charge is 0.491 e. The number of nitrogens with one attached hydrogen (secondary N) is 1. The number of ether oxygens (including phenoxy) is 1. The lowest BCUT2D eigenvalue weighted by molar-refractivity contribution is 0.105. The summed E-state index contributed by atoms with van der Waals surface area (Å²) in [6, 6.07) is 7.95. The number of halogens is 1. The second kappa shape index (κ2) is 5.45. The Morgan fingerprint density at radius 3 is 2.76 bits per heavy atom. The molecule has 0 amide bonds. The minimum Gasteiger partial charge on any atom is -0.491 e. The van der Waals surface area contributed by atoms with Crippen molar-refractivity contribution >= 4 is 11.6 Å². The van der Waals surface area contributed by atoms with E-state index in [9.17, 15) is 5.11 Å². The van der Waals surface area contributed by atoms with Crippen molar-refractivity contribution < 1.29 is 9.84 Å². The third kappa shape index (κ3) is 2.67. The molecule has 0 heterocycles. The van der Waals surface area contributed by atoms with Crippen LogP contribution in [-0.4, -0.2) is 30.4 Å². The zero-order chi connectivity index (χ0) is 14.4. The summed E-state index contributed by atoms with van der Waals surface area (Å²) in [6.07, 6.45) is 3.87. The van der Waals surface area contributed by atoms with E-state index in [0.29, 0.717) is 30.0 Å². The number of aliphatic hydroxyl groups is 1. The molecular weight excluding hydrogens is 286 g/mol. The maximum Gasteiger partial charge on any atom is 0.120 e. The molecule has 21 heavy (non-hydrogen) atoms. The Kier molecular flexibility index (Phi) is 3.60. The zero-order valence-electron chi connectivity index (χ0n) is 12.0. The van der Waals surface area contributed by atoms with Gasteiger partial charge in [-0.3, -0.25) is 0 Å². The Bertz CT molecular complexity index is 507. The average Bonchev–Trinajstić information content (AvgIpc) is 2.86. The Balaban J connectivity index is 1.20. The van der Waals surface area contributed by atoms with Gasteiger partial charge in [-0.1, -0.05) is 17.7 Å². The molecule has 1 aromatic carbocycles. The molecule has 3 saturated carbocycles. The topological polar surface area (TPSA) is 41.5 Å². The van der Waals surface area contributed by atoms with E-state index in [4.69, 9.17) is 16.3 Å². The molecule has 4 rings (SSSR count). The van der Waals surface area contributed by atoms with E-state index in [2.05, 4.69) is 5.32 Å². The number of rotatable bonds is 6. The fourth-order valence-electron chi connectivity index (χ4n) is 4.68. The van der Waals surface area contributed by atoms with Crippen LogP contribution in [0.2, 0.25) is 5.02 Å². The van der Waals surface area contributed by atoms with Gasteiger partial charge in [-0.05, 0) is 61.1 Å². The predicted octanol–water partition coefficient (Wildman–Crippen LogP) is 2.71. The van der Waals surface area contributed by atoms with Crippen molar-refractivity contribution in [1.29, 1.82) is 0 Å². The minimum absolute atomic E-state index is 0.308. The number of hydrogen-bond acceptors (Lipinski definition) is 3. The molecular formula is C17H22ClNO2. The summed E-state index contributed by atoms with van der Waals surface area (Å²) in [5.41, 5.74) is 0. The van der Waals surface area contributed by atoms with Crippen molar-refractivity contribution in [2.45, 2.75) is 31.4 Å². The Labute approximate surface area is 130 Å². The van der Waals surface area contributed by atoms with E-state index in [0.717, 1.165) is 23.7 Å². The third-order valence-electron chi connectivity index (χ3n) is 5.56. The molecule has 5 atom stereocenters. The van der Waals surface area contributed by atoms with E-state index in [1.165, 1.54) is 19.3 Å². The molecule has 3 fully saturated rings. The van der Waals surface area contributed by atoms with Crippen molar-refractivity contribution in [2.75, 3.05) is 13.2 Å². The van der Waals surface area contributed by atoms with Gasteiger partial charge in [0.2, 0.25) is 0 Å². The average molecular weight is 308 g/mol. The molecule has 3 nitrogen and oxygen atoms in total. The Morgan fingerprint density at radius 2 is 2.05 bits per heavy atom. The van der Waals surface area contributed by atoms with Crippen molar-refractivity contribution in [3.05, 3.63) is 29.3 Å². The highest BCUT2D eigenvalue weighted by molar-refractivity contribution is 6.30. The molecule has 5 unspecified atom stereocenters. The number of aliphatic hydroxyl groups excluding tert-OH is 1. The van der Waals surface area contributed by atoms with Crippen LogP contribution in [0.15, 0.2) is 24.3 Å². The predicted molar refractivity (Wildman–Crippen MR) is 82.6 cm³/mol. The van der Waals surface area contributed by atoms with Gasteiger partial charge in [0.05, 0.1) is 0 Å². The first-order chi connectivity index (χ1) is 10.2. The Hall–Kier alpha value is -0.770. The maximum atomic E-state index is 10.0. The summed E-state index contributed by atoms with van der Waals surface area (Å²) in [5, 5.41) is 14.3. The van der Waals surface area contributed by atoms with Crippen LogP contribution in [-0.2, 0) is 0 Å². The number of benzene rings is 1. The molecule has 0 aliphatic heterocycles. The second-order valence-corrected chi connectivity index (χ2v) is 7.28. The highest BCUT2D eigenvalue weighted by Crippen LogP contribution is 2.65. The summed E-state index contributed by atoms with van der Waals surface area (Å²) in [6.45, 7) is 0.930. The quantitative estimate of drug-likeness (QED) is 0.849. The monoisotopic (exact) mass is 307 g/mol. The molecule has 4 heteroatoms. The molecule has 0 aromatic heterocycles. The van der Waals surface area contributed by atoms with E-state index in [1.54, 1.807) is 6.07 Å². The highest BCUT2D eigenvalue weighted by atomic mass is 35.5. The van der Waals surface area contributed by atoms with Crippen LogP contribution < -0.4 is 10.1 Å². The molecule has 2 bridgehead atoms. The summed E-state index contributed by atoms with van der Waals surface area (Å²) < 4.78 is 5.58. The SMILES string of the molecule is OC(CNC1C2C3CCC(C3)C12)COc1cccc(Cl)c1. The maximum absolute atomic E-state index is 10.0.